The Labute approximate surface area is 165 Å². The minimum Gasteiger partial charge on any atom is -0.481 e. The van der Waals surface area contributed by atoms with Crippen LogP contribution in [0.15, 0.2) is 0 Å². The maximum Gasteiger partial charge on any atom is 0.326 e. The first-order chi connectivity index (χ1) is 13.4. The van der Waals surface area contributed by atoms with Gasteiger partial charge in [0.25, 0.3) is 0 Å². The van der Waals surface area contributed by atoms with Crippen LogP contribution in [0, 0.1) is 0 Å². The molecule has 0 aliphatic heterocycles. The number of primary amides is 1. The van der Waals surface area contributed by atoms with E-state index in [0.29, 0.717) is 0 Å². The Morgan fingerprint density at radius 3 is 1.90 bits per heavy atom. The third kappa shape index (κ3) is 10.0. The molecular weight excluding hydrogens is 394 g/mol. The summed E-state index contributed by atoms with van der Waals surface area (Å²) in [6.45, 7) is 0.573. The number of aliphatic hydroxyl groups is 1. The van der Waals surface area contributed by atoms with Gasteiger partial charge in [-0.25, -0.2) is 4.79 Å². The van der Waals surface area contributed by atoms with Crippen LogP contribution in [0.2, 0.25) is 0 Å². The van der Waals surface area contributed by atoms with Crippen molar-refractivity contribution in [2.24, 2.45) is 11.5 Å². The minimum atomic E-state index is -1.58. The van der Waals surface area contributed by atoms with Crippen molar-refractivity contribution in [2.75, 3.05) is 6.61 Å². The summed E-state index contributed by atoms with van der Waals surface area (Å²) in [5, 5.41) is 32.9. The van der Waals surface area contributed by atoms with Crippen LogP contribution in [-0.2, 0) is 28.8 Å². The number of carboxylic acids is 2. The van der Waals surface area contributed by atoms with Gasteiger partial charge < -0.3 is 42.7 Å². The Hall–Kier alpha value is -3.26. The van der Waals surface area contributed by atoms with E-state index >= 15 is 0 Å². The highest BCUT2D eigenvalue weighted by atomic mass is 16.4. The van der Waals surface area contributed by atoms with Crippen molar-refractivity contribution in [3.05, 3.63) is 0 Å². The predicted octanol–water partition coefficient (Wildman–Crippen LogP) is -4.39. The fourth-order valence-corrected chi connectivity index (χ4v) is 1.97. The number of hydrogen-bond acceptors (Lipinski definition) is 8. The summed E-state index contributed by atoms with van der Waals surface area (Å²) in [5.74, 6) is -6.61. The number of nitrogens with two attached hydrogens (primary N) is 2. The molecule has 0 aliphatic carbocycles. The number of hydrogen-bond donors (Lipinski definition) is 8. The summed E-state index contributed by atoms with van der Waals surface area (Å²) >= 11 is 0. The van der Waals surface area contributed by atoms with Gasteiger partial charge in [0.05, 0.1) is 13.0 Å². The van der Waals surface area contributed by atoms with Gasteiger partial charge in [0.1, 0.15) is 24.2 Å². The molecule has 0 aliphatic rings. The summed E-state index contributed by atoms with van der Waals surface area (Å²) in [7, 11) is 0. The maximum atomic E-state index is 12.3. The van der Waals surface area contributed by atoms with Crippen LogP contribution in [0.3, 0.4) is 0 Å². The van der Waals surface area contributed by atoms with E-state index in [9.17, 15) is 28.8 Å². The first-order valence-electron chi connectivity index (χ1n) is 8.39. The van der Waals surface area contributed by atoms with Crippen molar-refractivity contribution in [1.29, 1.82) is 0 Å². The van der Waals surface area contributed by atoms with Gasteiger partial charge in [-0.1, -0.05) is 0 Å². The molecule has 29 heavy (non-hydrogen) atoms. The molecule has 0 saturated heterocycles. The van der Waals surface area contributed by atoms with Crippen LogP contribution in [-0.4, -0.2) is 81.7 Å². The van der Waals surface area contributed by atoms with Crippen molar-refractivity contribution >= 4 is 35.6 Å². The molecule has 4 amide bonds. The van der Waals surface area contributed by atoms with Crippen LogP contribution in [0.4, 0.5) is 0 Å². The summed E-state index contributed by atoms with van der Waals surface area (Å²) < 4.78 is 0. The van der Waals surface area contributed by atoms with Gasteiger partial charge in [-0.3, -0.25) is 24.0 Å². The molecule has 0 aromatic heterocycles. The lowest BCUT2D eigenvalue weighted by Gasteiger charge is -2.22. The molecule has 4 atom stereocenters. The molecule has 0 aromatic carbocycles. The summed E-state index contributed by atoms with van der Waals surface area (Å²) in [5.41, 5.74) is 10.3. The van der Waals surface area contributed by atoms with E-state index in [4.69, 9.17) is 26.8 Å². The molecule has 0 heterocycles. The van der Waals surface area contributed by atoms with Gasteiger partial charge in [0.15, 0.2) is 0 Å². The number of carbonyl (C=O) groups excluding carboxylic acids is 4. The lowest BCUT2D eigenvalue weighted by atomic mass is 10.1. The highest BCUT2D eigenvalue weighted by Crippen LogP contribution is 2.01. The number of aliphatic carboxylic acids is 2. The predicted molar refractivity (Wildman–Crippen MR) is 94.8 cm³/mol. The van der Waals surface area contributed by atoms with Crippen LogP contribution >= 0.6 is 0 Å². The first-order valence-corrected chi connectivity index (χ1v) is 8.39. The van der Waals surface area contributed by atoms with E-state index in [1.807, 2.05) is 5.32 Å². The molecule has 0 rings (SSSR count). The Balaban J connectivity index is 5.13. The number of nitrogens with one attached hydrogen (secondary N) is 3. The van der Waals surface area contributed by atoms with Gasteiger partial charge in [-0.15, -0.1) is 0 Å². The number of carbonyl (C=O) groups is 6. The lowest BCUT2D eigenvalue weighted by Crippen LogP contribution is -2.57. The largest absolute Gasteiger partial charge is 0.481 e. The van der Waals surface area contributed by atoms with Crippen LogP contribution in [0.5, 0.6) is 0 Å². The zero-order chi connectivity index (χ0) is 22.7. The van der Waals surface area contributed by atoms with E-state index < -0.39 is 85.6 Å². The Morgan fingerprint density at radius 1 is 0.897 bits per heavy atom. The topological polar surface area (TPSA) is 251 Å². The van der Waals surface area contributed by atoms with Crippen LogP contribution in [0.1, 0.15) is 26.2 Å². The molecule has 14 nitrogen and oxygen atoms in total. The second-order valence-electron chi connectivity index (χ2n) is 6.08. The highest BCUT2D eigenvalue weighted by molar-refractivity contribution is 5.96. The van der Waals surface area contributed by atoms with Gasteiger partial charge in [0, 0.05) is 6.42 Å². The Morgan fingerprint density at radius 2 is 1.45 bits per heavy atom. The molecule has 14 heteroatoms. The molecule has 4 unspecified atom stereocenters. The number of aliphatic hydroxyl groups excluding tert-OH is 1. The molecule has 0 saturated carbocycles. The highest BCUT2D eigenvalue weighted by Gasteiger charge is 2.30. The SMILES string of the molecule is CC(NC(=O)C(N)CO)C(=O)NC(CC(N)=O)C(=O)NC(CCC(=O)O)C(=O)O. The molecule has 164 valence electrons. The fraction of sp³-hybridized carbons (Fsp3) is 0.600. The van der Waals surface area contributed by atoms with E-state index in [1.165, 1.54) is 6.92 Å². The Bertz CT molecular complexity index is 654. The van der Waals surface area contributed by atoms with Gasteiger partial charge in [0.2, 0.25) is 23.6 Å². The van der Waals surface area contributed by atoms with E-state index in [2.05, 4.69) is 10.6 Å². The first kappa shape index (κ1) is 25.7. The third-order valence-corrected chi connectivity index (χ3v) is 3.59. The summed E-state index contributed by atoms with van der Waals surface area (Å²) in [6, 6.07) is -5.64. The average Bonchev–Trinajstić information content (AvgIpc) is 2.62. The van der Waals surface area contributed by atoms with Crippen LogP contribution in [0.25, 0.3) is 0 Å². The van der Waals surface area contributed by atoms with Gasteiger partial charge in [-0.2, -0.15) is 0 Å². The summed E-state index contributed by atoms with van der Waals surface area (Å²) in [6.07, 6.45) is -1.66. The zero-order valence-electron chi connectivity index (χ0n) is 15.6. The van der Waals surface area contributed by atoms with E-state index in [1.54, 1.807) is 0 Å². The smallest absolute Gasteiger partial charge is 0.326 e. The number of carboxylic acid groups (broad SMARTS) is 2. The molecule has 0 fully saturated rings. The quantitative estimate of drug-likeness (QED) is 0.142. The normalized spacial score (nSPS) is 14.6. The van der Waals surface area contributed by atoms with Crippen LogP contribution < -0.4 is 27.4 Å². The molecule has 0 spiro atoms. The van der Waals surface area contributed by atoms with Crippen molar-refractivity contribution < 1.29 is 44.1 Å². The average molecular weight is 419 g/mol. The van der Waals surface area contributed by atoms with Crippen molar-refractivity contribution in [2.45, 2.75) is 50.4 Å². The maximum absolute atomic E-state index is 12.3. The molecule has 0 radical (unpaired) electrons. The minimum absolute atomic E-state index is 0.431. The van der Waals surface area contributed by atoms with Gasteiger partial charge in [-0.05, 0) is 13.3 Å². The standard InChI is InChI=1S/C15H25N5O9/c1-6(18-13(26)7(16)5-21)12(25)20-9(4-10(17)22)14(27)19-8(15(28)29)2-3-11(23)24/h6-9,21H,2-5,16H2,1H3,(H2,17,22)(H,18,26)(H,19,27)(H,20,25)(H,23,24)(H,28,29). The number of rotatable bonds is 13. The lowest BCUT2D eigenvalue weighted by molar-refractivity contribution is -0.143. The molecular formula is C15H25N5O9. The van der Waals surface area contributed by atoms with E-state index in [0.717, 1.165) is 0 Å². The fourth-order valence-electron chi connectivity index (χ4n) is 1.97. The third-order valence-electron chi connectivity index (χ3n) is 3.59. The summed E-state index contributed by atoms with van der Waals surface area (Å²) in [4.78, 5) is 69.0. The molecule has 0 bridgehead atoms. The molecule has 10 N–H and O–H groups in total. The molecule has 0 aromatic rings. The zero-order valence-corrected chi connectivity index (χ0v) is 15.6. The Kier molecular flexibility index (Phi) is 10.9. The van der Waals surface area contributed by atoms with Crippen molar-refractivity contribution in [3.63, 3.8) is 0 Å². The monoisotopic (exact) mass is 419 g/mol. The number of amides is 4. The van der Waals surface area contributed by atoms with Crippen molar-refractivity contribution in [1.82, 2.24) is 16.0 Å². The second kappa shape index (κ2) is 12.2. The second-order valence-corrected chi connectivity index (χ2v) is 6.08. The van der Waals surface area contributed by atoms with Gasteiger partial charge >= 0.3 is 11.9 Å². The van der Waals surface area contributed by atoms with E-state index in [-0.39, 0.29) is 0 Å². The van der Waals surface area contributed by atoms with Crippen molar-refractivity contribution in [3.8, 4) is 0 Å².